The van der Waals surface area contributed by atoms with E-state index in [1.165, 1.54) is 30.4 Å². The van der Waals surface area contributed by atoms with E-state index in [1.807, 2.05) is 19.1 Å². The topological polar surface area (TPSA) is 111 Å². The van der Waals surface area contributed by atoms with Crippen LogP contribution in [-0.4, -0.2) is 111 Å². The van der Waals surface area contributed by atoms with E-state index in [0.29, 0.717) is 29.9 Å². The summed E-state index contributed by atoms with van der Waals surface area (Å²) >= 11 is 0. The van der Waals surface area contributed by atoms with Crippen molar-refractivity contribution in [1.29, 1.82) is 0 Å². The first-order valence-corrected chi connectivity index (χ1v) is 15.2. The monoisotopic (exact) mass is 648 g/mol. The van der Waals surface area contributed by atoms with Gasteiger partial charge in [-0.25, -0.2) is 4.79 Å². The first kappa shape index (κ1) is 35.9. The van der Waals surface area contributed by atoms with Crippen molar-refractivity contribution in [3.63, 3.8) is 0 Å². The standard InChI is InChI=1S/C36H39N3O6.K/c1-24-31(34(40)44-4)33(28-16-11-17-29(22-28)39(42)43)32(25(2)37-24)35(41)45-36(3)19-21-38(23-36)20-18-30(26-12-7-5-8-13-26)27-14-9-6-10-15-27;/h5-17,22,30,32-33H,18-21,23H2,1-4H3;/t32-,33?,36+;/m1./s1. The third-order valence-corrected chi connectivity index (χ3v) is 8.93. The molecule has 0 amide bonds. The summed E-state index contributed by atoms with van der Waals surface area (Å²) in [6, 6.07) is 27.0. The van der Waals surface area contributed by atoms with Crippen LogP contribution in [-0.2, 0) is 19.1 Å². The molecular weight excluding hydrogens is 610 g/mol. The number of carbonyl (C=O) groups excluding carboxylic acids is 2. The zero-order valence-corrected chi connectivity index (χ0v) is 30.3. The largest absolute Gasteiger partial charge is 0.466 e. The predicted molar refractivity (Wildman–Crippen MR) is 178 cm³/mol. The van der Waals surface area contributed by atoms with E-state index in [-0.39, 0.29) is 68.6 Å². The number of hydrogen-bond acceptors (Lipinski definition) is 8. The third-order valence-electron chi connectivity index (χ3n) is 8.93. The normalized spacial score (nSPS) is 21.4. The van der Waals surface area contributed by atoms with Crippen molar-refractivity contribution in [3.8, 4) is 0 Å². The van der Waals surface area contributed by atoms with Gasteiger partial charge >= 0.3 is 11.9 Å². The van der Waals surface area contributed by atoms with Gasteiger partial charge in [-0.3, -0.25) is 24.8 Å². The molecule has 10 heteroatoms. The fourth-order valence-electron chi connectivity index (χ4n) is 6.72. The number of esters is 2. The molecule has 9 nitrogen and oxygen atoms in total. The average Bonchev–Trinajstić information content (AvgIpc) is 3.41. The van der Waals surface area contributed by atoms with Crippen molar-refractivity contribution in [2.24, 2.45) is 10.9 Å². The summed E-state index contributed by atoms with van der Waals surface area (Å²) in [5.41, 5.74) is 3.17. The van der Waals surface area contributed by atoms with Crippen LogP contribution in [0.3, 0.4) is 0 Å². The summed E-state index contributed by atoms with van der Waals surface area (Å²) in [4.78, 5) is 45.0. The van der Waals surface area contributed by atoms with E-state index < -0.39 is 34.3 Å². The van der Waals surface area contributed by atoms with Crippen molar-refractivity contribution in [3.05, 3.63) is 123 Å². The number of carbonyl (C=O) groups is 2. The van der Waals surface area contributed by atoms with Crippen molar-refractivity contribution in [2.45, 2.75) is 51.0 Å². The van der Waals surface area contributed by atoms with Gasteiger partial charge in [0.2, 0.25) is 0 Å². The molecular formula is C36H39KN3O6. The predicted octanol–water partition coefficient (Wildman–Crippen LogP) is 6.07. The van der Waals surface area contributed by atoms with Crippen LogP contribution < -0.4 is 0 Å². The van der Waals surface area contributed by atoms with E-state index >= 15 is 0 Å². The molecule has 3 aromatic rings. The van der Waals surface area contributed by atoms with Crippen LogP contribution in [0.4, 0.5) is 5.69 Å². The second-order valence-electron chi connectivity index (χ2n) is 12.1. The third kappa shape index (κ3) is 8.10. The number of nitrogens with zero attached hydrogens (tertiary/aromatic N) is 3. The maximum Gasteiger partial charge on any atom is 0.336 e. The van der Waals surface area contributed by atoms with Gasteiger partial charge in [-0.15, -0.1) is 0 Å². The summed E-state index contributed by atoms with van der Waals surface area (Å²) in [6.07, 6.45) is 1.57. The number of benzene rings is 3. The minimum Gasteiger partial charge on any atom is -0.466 e. The van der Waals surface area contributed by atoms with Gasteiger partial charge in [-0.05, 0) is 50.4 Å². The number of non-ortho nitro benzene ring substituents is 1. The Morgan fingerprint density at radius 1 is 1.02 bits per heavy atom. The van der Waals surface area contributed by atoms with Crippen molar-refractivity contribution in [2.75, 3.05) is 26.7 Å². The van der Waals surface area contributed by atoms with E-state index in [0.717, 1.165) is 19.5 Å². The summed E-state index contributed by atoms with van der Waals surface area (Å²) < 4.78 is 11.3. The molecule has 3 atom stereocenters. The van der Waals surface area contributed by atoms with E-state index in [4.69, 9.17) is 9.47 Å². The smallest absolute Gasteiger partial charge is 0.336 e. The first-order valence-electron chi connectivity index (χ1n) is 15.2. The molecule has 235 valence electrons. The molecule has 2 aliphatic rings. The van der Waals surface area contributed by atoms with Gasteiger partial charge in [0.1, 0.15) is 11.5 Å². The molecule has 0 N–H and O–H groups in total. The van der Waals surface area contributed by atoms with Gasteiger partial charge in [-0.2, -0.15) is 0 Å². The number of rotatable bonds is 10. The Balaban J connectivity index is 0.00000480. The number of methoxy groups -OCH3 is 1. The van der Waals surface area contributed by atoms with Gasteiger partial charge < -0.3 is 9.47 Å². The van der Waals surface area contributed by atoms with Crippen LogP contribution in [0.1, 0.15) is 62.1 Å². The Bertz CT molecular complexity index is 1590. The number of nitro groups is 1. The molecule has 0 spiro atoms. The van der Waals surface area contributed by atoms with Crippen LogP contribution >= 0.6 is 0 Å². The molecule has 0 bridgehead atoms. The number of nitro benzene ring substituents is 1. The van der Waals surface area contributed by atoms with Gasteiger partial charge in [0, 0.05) is 106 Å². The molecule has 0 aromatic heterocycles. The van der Waals surface area contributed by atoms with Crippen LogP contribution in [0.5, 0.6) is 0 Å². The molecule has 1 saturated heterocycles. The molecule has 46 heavy (non-hydrogen) atoms. The van der Waals surface area contributed by atoms with Crippen molar-refractivity contribution in [1.82, 2.24) is 4.90 Å². The number of aliphatic imine (C=N–C) groups is 1. The minimum absolute atomic E-state index is 0. The summed E-state index contributed by atoms with van der Waals surface area (Å²) in [5, 5.41) is 11.6. The van der Waals surface area contributed by atoms with Crippen LogP contribution in [0.15, 0.2) is 101 Å². The fourth-order valence-corrected chi connectivity index (χ4v) is 6.72. The zero-order chi connectivity index (χ0) is 32.1. The van der Waals surface area contributed by atoms with Crippen molar-refractivity contribution < 1.29 is 24.0 Å². The first-order chi connectivity index (χ1) is 21.6. The maximum atomic E-state index is 14.0. The Kier molecular flexibility index (Phi) is 12.3. The second kappa shape index (κ2) is 15.7. The summed E-state index contributed by atoms with van der Waals surface area (Å²) in [5.74, 6) is -2.71. The molecule has 1 unspecified atom stereocenters. The van der Waals surface area contributed by atoms with Crippen molar-refractivity contribution >= 4 is 74.7 Å². The average molecular weight is 649 g/mol. The Hall–Kier alpha value is -2.99. The van der Waals surface area contributed by atoms with Crippen LogP contribution in [0.25, 0.3) is 0 Å². The molecule has 1 radical (unpaired) electrons. The van der Waals surface area contributed by atoms with E-state index in [9.17, 15) is 19.7 Å². The fraction of sp³-hybridized carbons (Fsp3) is 0.361. The van der Waals surface area contributed by atoms with E-state index in [1.54, 1.807) is 26.0 Å². The van der Waals surface area contributed by atoms with Gasteiger partial charge in [-0.1, -0.05) is 72.8 Å². The molecule has 0 aliphatic carbocycles. The van der Waals surface area contributed by atoms with Crippen LogP contribution in [0, 0.1) is 16.0 Å². The summed E-state index contributed by atoms with van der Waals surface area (Å²) in [6.45, 7) is 7.52. The Morgan fingerprint density at radius 3 is 2.24 bits per heavy atom. The zero-order valence-electron chi connectivity index (χ0n) is 27.1. The molecule has 1 fully saturated rings. The SMILES string of the molecule is COC(=O)C1=C(C)N=C(C)[C@@H](C(=O)O[C@@]2(C)CCN(CCC(c3ccccc3)c3ccccc3)C2)C1c1cccc([N+](=O)[O-])c1.[K]. The Labute approximate surface area is 312 Å². The quantitative estimate of drug-likeness (QED) is 0.114. The molecule has 0 saturated carbocycles. The molecule has 5 rings (SSSR count). The number of ether oxygens (including phenoxy) is 2. The Morgan fingerprint density at radius 2 is 1.65 bits per heavy atom. The van der Waals surface area contributed by atoms with Gasteiger partial charge in [0.05, 0.1) is 17.6 Å². The molecule has 2 heterocycles. The number of hydrogen-bond donors (Lipinski definition) is 0. The van der Waals surface area contributed by atoms with Gasteiger partial charge in [0.25, 0.3) is 5.69 Å². The number of allylic oxidation sites excluding steroid dienone is 1. The number of likely N-dealkylation sites (tertiary alicyclic amines) is 1. The van der Waals surface area contributed by atoms with Crippen LogP contribution in [0.2, 0.25) is 0 Å². The maximum absolute atomic E-state index is 14.0. The molecule has 2 aliphatic heterocycles. The minimum atomic E-state index is -0.948. The molecule has 3 aromatic carbocycles. The summed E-state index contributed by atoms with van der Waals surface area (Å²) in [7, 11) is 1.26. The van der Waals surface area contributed by atoms with Gasteiger partial charge in [0.15, 0.2) is 0 Å². The van der Waals surface area contributed by atoms with E-state index in [2.05, 4.69) is 58.4 Å². The second-order valence-corrected chi connectivity index (χ2v) is 12.1.